The van der Waals surface area contributed by atoms with E-state index in [0.29, 0.717) is 52.5 Å². The fourth-order valence-electron chi connectivity index (χ4n) is 4.47. The second-order valence-corrected chi connectivity index (χ2v) is 12.1. The van der Waals surface area contributed by atoms with E-state index >= 15 is 0 Å². The number of hydrogen-bond acceptors (Lipinski definition) is 8. The molecule has 0 N–H and O–H groups in total. The lowest BCUT2D eigenvalue weighted by atomic mass is 10.0. The zero-order chi connectivity index (χ0) is 26.9. The average molecular weight is 556 g/mol. The van der Waals surface area contributed by atoms with E-state index in [9.17, 15) is 13.2 Å². The van der Waals surface area contributed by atoms with Crippen LogP contribution in [0.4, 0.5) is 5.13 Å². The molecule has 1 aliphatic heterocycles. The number of aromatic nitrogens is 1. The number of ether oxygens (including phenoxy) is 2. The summed E-state index contributed by atoms with van der Waals surface area (Å²) >= 11 is 1.30. The van der Waals surface area contributed by atoms with Crippen LogP contribution in [0.5, 0.6) is 11.5 Å². The summed E-state index contributed by atoms with van der Waals surface area (Å²) in [6.45, 7) is 3.29. The highest BCUT2D eigenvalue weighted by Gasteiger charge is 2.29. The number of nitrogens with zero attached hydrogens (tertiary/aromatic N) is 3. The number of amides is 1. The first-order chi connectivity index (χ1) is 18.3. The van der Waals surface area contributed by atoms with Crippen molar-refractivity contribution in [3.05, 3.63) is 66.1 Å². The Balaban J connectivity index is 1.48. The Morgan fingerprint density at radius 1 is 1.08 bits per heavy atom. The number of furan rings is 1. The fraction of sp³-hybridized carbons (Fsp3) is 0.333. The molecule has 0 aliphatic carbocycles. The Morgan fingerprint density at radius 3 is 2.39 bits per heavy atom. The smallest absolute Gasteiger partial charge is 0.260 e. The monoisotopic (exact) mass is 555 g/mol. The molecule has 2 aromatic carbocycles. The Hall–Kier alpha value is -3.41. The Labute approximate surface area is 225 Å². The first-order valence-electron chi connectivity index (χ1n) is 12.3. The van der Waals surface area contributed by atoms with E-state index in [1.807, 2.05) is 0 Å². The standard InChI is InChI=1S/C27H29N3O6S2/c1-18-12-14-29(15-13-18)38(32,33)21-8-6-19(7-9-21)26(31)30(17-20-5-4-16-36-20)27-28-24-22(34-2)10-11-23(35-3)25(24)37-27/h4-11,16,18H,12-15,17H2,1-3H3. The molecule has 0 radical (unpaired) electrons. The van der Waals surface area contributed by atoms with Gasteiger partial charge in [-0.3, -0.25) is 9.69 Å². The van der Waals surface area contributed by atoms with Crippen molar-refractivity contribution in [1.29, 1.82) is 0 Å². The van der Waals surface area contributed by atoms with Gasteiger partial charge in [-0.05, 0) is 67.3 Å². The van der Waals surface area contributed by atoms with Crippen molar-refractivity contribution < 1.29 is 27.1 Å². The second kappa shape index (κ2) is 10.8. The molecule has 5 rings (SSSR count). The van der Waals surface area contributed by atoms with Gasteiger partial charge in [0.15, 0.2) is 5.13 Å². The Morgan fingerprint density at radius 2 is 1.76 bits per heavy atom. The van der Waals surface area contributed by atoms with Gasteiger partial charge in [-0.2, -0.15) is 4.31 Å². The van der Waals surface area contributed by atoms with Crippen LogP contribution in [0.1, 0.15) is 35.9 Å². The van der Waals surface area contributed by atoms with Gasteiger partial charge in [0.25, 0.3) is 5.91 Å². The van der Waals surface area contributed by atoms with E-state index in [1.54, 1.807) is 56.9 Å². The van der Waals surface area contributed by atoms with E-state index < -0.39 is 10.0 Å². The normalized spacial score (nSPS) is 15.0. The number of benzene rings is 2. The second-order valence-electron chi connectivity index (χ2n) is 9.23. The summed E-state index contributed by atoms with van der Waals surface area (Å²) < 4.78 is 45.1. The Kier molecular flexibility index (Phi) is 7.42. The Bertz CT molecular complexity index is 1480. The van der Waals surface area contributed by atoms with Crippen molar-refractivity contribution in [2.24, 2.45) is 5.92 Å². The number of fused-ring (bicyclic) bond motifs is 1. The predicted octanol–water partition coefficient (Wildman–Crippen LogP) is 5.17. The van der Waals surface area contributed by atoms with Gasteiger partial charge in [0.1, 0.15) is 27.5 Å². The topological polar surface area (TPSA) is 102 Å². The van der Waals surface area contributed by atoms with Crippen molar-refractivity contribution in [3.8, 4) is 11.5 Å². The molecule has 0 saturated carbocycles. The van der Waals surface area contributed by atoms with Crippen LogP contribution in [0.3, 0.4) is 0 Å². The highest BCUT2D eigenvalue weighted by atomic mass is 32.2. The number of rotatable bonds is 8. The summed E-state index contributed by atoms with van der Waals surface area (Å²) in [4.78, 5) is 20.2. The largest absolute Gasteiger partial charge is 0.495 e. The minimum atomic E-state index is -3.62. The lowest BCUT2D eigenvalue weighted by molar-refractivity contribution is 0.0983. The molecule has 1 saturated heterocycles. The molecule has 3 heterocycles. The van der Waals surface area contributed by atoms with Crippen molar-refractivity contribution in [2.45, 2.75) is 31.2 Å². The predicted molar refractivity (Wildman–Crippen MR) is 146 cm³/mol. The third kappa shape index (κ3) is 5.01. The summed E-state index contributed by atoms with van der Waals surface area (Å²) in [5.41, 5.74) is 0.919. The molecule has 0 spiro atoms. The minimum Gasteiger partial charge on any atom is -0.495 e. The summed E-state index contributed by atoms with van der Waals surface area (Å²) in [6, 6.07) is 13.2. The maximum Gasteiger partial charge on any atom is 0.260 e. The SMILES string of the molecule is COc1ccc(OC)c2sc(N(Cc3ccco3)C(=O)c3ccc(S(=O)(=O)N4CCC(C)CC4)cc3)nc12. The first kappa shape index (κ1) is 26.2. The van der Waals surface area contributed by atoms with Gasteiger partial charge in [0, 0.05) is 18.7 Å². The fourth-order valence-corrected chi connectivity index (χ4v) is 7.02. The molecule has 2 aromatic heterocycles. The number of anilines is 1. The van der Waals surface area contributed by atoms with Crippen LogP contribution < -0.4 is 14.4 Å². The molecule has 1 aliphatic rings. The third-order valence-corrected chi connectivity index (χ3v) is 9.76. The number of carbonyl (C=O) groups is 1. The van der Waals surface area contributed by atoms with Crippen molar-refractivity contribution in [1.82, 2.24) is 9.29 Å². The molecule has 200 valence electrons. The molecule has 0 unspecified atom stereocenters. The van der Waals surface area contributed by atoms with Gasteiger partial charge in [0.2, 0.25) is 10.0 Å². The number of hydrogen-bond donors (Lipinski definition) is 0. The van der Waals surface area contributed by atoms with Crippen molar-refractivity contribution in [2.75, 3.05) is 32.2 Å². The zero-order valence-corrected chi connectivity index (χ0v) is 23.0. The van der Waals surface area contributed by atoms with Gasteiger partial charge in [-0.25, -0.2) is 13.4 Å². The maximum atomic E-state index is 13.8. The number of carbonyl (C=O) groups excluding carboxylic acids is 1. The number of sulfonamides is 1. The van der Waals surface area contributed by atoms with E-state index in [4.69, 9.17) is 18.9 Å². The molecule has 1 fully saturated rings. The average Bonchev–Trinajstić information content (AvgIpc) is 3.61. The maximum absolute atomic E-state index is 13.8. The highest BCUT2D eigenvalue weighted by Crippen LogP contribution is 2.40. The summed E-state index contributed by atoms with van der Waals surface area (Å²) in [5, 5.41) is 0.434. The molecule has 4 aromatic rings. The van der Waals surface area contributed by atoms with Gasteiger partial charge >= 0.3 is 0 Å². The van der Waals surface area contributed by atoms with E-state index in [1.165, 1.54) is 32.7 Å². The molecule has 0 bridgehead atoms. The molecular weight excluding hydrogens is 526 g/mol. The van der Waals surface area contributed by atoms with E-state index in [0.717, 1.165) is 17.5 Å². The van der Waals surface area contributed by atoms with Crippen LogP contribution in [0.25, 0.3) is 10.2 Å². The van der Waals surface area contributed by atoms with Crippen LogP contribution in [0, 0.1) is 5.92 Å². The van der Waals surface area contributed by atoms with Crippen molar-refractivity contribution in [3.63, 3.8) is 0 Å². The molecule has 38 heavy (non-hydrogen) atoms. The van der Waals surface area contributed by atoms with Gasteiger partial charge < -0.3 is 13.9 Å². The van der Waals surface area contributed by atoms with Crippen molar-refractivity contribution >= 4 is 42.6 Å². The van der Waals surface area contributed by atoms with Gasteiger partial charge in [-0.15, -0.1) is 0 Å². The zero-order valence-electron chi connectivity index (χ0n) is 21.4. The van der Waals surface area contributed by atoms with Gasteiger partial charge in [0.05, 0.1) is 31.9 Å². The lowest BCUT2D eigenvalue weighted by Gasteiger charge is -2.29. The molecule has 11 heteroatoms. The van der Waals surface area contributed by atoms with Crippen LogP contribution in [-0.4, -0.2) is 50.9 Å². The van der Waals surface area contributed by atoms with E-state index in [-0.39, 0.29) is 17.3 Å². The minimum absolute atomic E-state index is 0.141. The molecule has 1 amide bonds. The van der Waals surface area contributed by atoms with Crippen LogP contribution in [-0.2, 0) is 16.6 Å². The summed E-state index contributed by atoms with van der Waals surface area (Å²) in [7, 11) is -0.481. The third-order valence-electron chi connectivity index (χ3n) is 6.75. The van der Waals surface area contributed by atoms with Gasteiger partial charge in [-0.1, -0.05) is 18.3 Å². The number of methoxy groups -OCH3 is 2. The van der Waals surface area contributed by atoms with Crippen LogP contribution in [0.15, 0.2) is 64.1 Å². The summed E-state index contributed by atoms with van der Waals surface area (Å²) in [6.07, 6.45) is 3.23. The summed E-state index contributed by atoms with van der Waals surface area (Å²) in [5.74, 6) is 1.94. The molecule has 9 nitrogen and oxygen atoms in total. The molecular formula is C27H29N3O6S2. The van der Waals surface area contributed by atoms with Crippen LogP contribution >= 0.6 is 11.3 Å². The van der Waals surface area contributed by atoms with Crippen LogP contribution in [0.2, 0.25) is 0 Å². The lowest BCUT2D eigenvalue weighted by Crippen LogP contribution is -2.37. The van der Waals surface area contributed by atoms with E-state index in [2.05, 4.69) is 6.92 Å². The highest BCUT2D eigenvalue weighted by molar-refractivity contribution is 7.89. The quantitative estimate of drug-likeness (QED) is 0.295. The number of thiazole rings is 1. The first-order valence-corrected chi connectivity index (χ1v) is 14.5. The molecule has 0 atom stereocenters. The number of piperidine rings is 1.